The molecule has 0 saturated heterocycles. The number of aromatic nitrogens is 1. The second-order valence-electron chi connectivity index (χ2n) is 2.71. The Morgan fingerprint density at radius 2 is 2.31 bits per heavy atom. The van der Waals surface area contributed by atoms with Crippen LogP contribution in [0.4, 0.5) is 14.5 Å². The number of halogens is 3. The van der Waals surface area contributed by atoms with Crippen LogP contribution in [0.25, 0.3) is 0 Å². The van der Waals surface area contributed by atoms with E-state index in [1.807, 2.05) is 0 Å². The zero-order valence-corrected chi connectivity index (χ0v) is 8.41. The molecular weight excluding hydrogens is 244 g/mol. The minimum atomic E-state index is -3.01. The van der Waals surface area contributed by atoms with Gasteiger partial charge in [-0.15, -0.1) is 0 Å². The number of nitro groups is 1. The van der Waals surface area contributed by atoms with Gasteiger partial charge in [-0.1, -0.05) is 11.6 Å². The Balaban J connectivity index is 3.42. The number of alkyl halides is 2. The van der Waals surface area contributed by atoms with E-state index in [0.717, 1.165) is 6.20 Å². The maximum atomic E-state index is 12.6. The molecule has 0 aliphatic carbocycles. The average molecular weight is 248 g/mol. The highest BCUT2D eigenvalue weighted by Crippen LogP contribution is 2.35. The summed E-state index contributed by atoms with van der Waals surface area (Å²) in [7, 11) is 0. The van der Waals surface area contributed by atoms with Crippen molar-refractivity contribution in [1.82, 2.24) is 4.98 Å². The van der Waals surface area contributed by atoms with E-state index in [0.29, 0.717) is 0 Å². The van der Waals surface area contributed by atoms with Crippen molar-refractivity contribution in [3.8, 4) is 6.07 Å². The molecule has 5 nitrogen and oxygen atoms in total. The summed E-state index contributed by atoms with van der Waals surface area (Å²) >= 11 is 5.47. The molecule has 0 fully saturated rings. The fourth-order valence-corrected chi connectivity index (χ4v) is 1.40. The largest absolute Gasteiger partial charge is 0.306 e. The Morgan fingerprint density at radius 1 is 1.69 bits per heavy atom. The lowest BCUT2D eigenvalue weighted by Gasteiger charge is -2.07. The fraction of sp³-hybridized carbons (Fsp3) is 0.250. The summed E-state index contributed by atoms with van der Waals surface area (Å²) < 4.78 is 25.2. The highest BCUT2D eigenvalue weighted by atomic mass is 35.5. The summed E-state index contributed by atoms with van der Waals surface area (Å²) in [6, 6.07) is 1.63. The Morgan fingerprint density at radius 3 is 2.75 bits per heavy atom. The monoisotopic (exact) mass is 247 g/mol. The first-order valence-corrected chi connectivity index (χ1v) is 4.33. The molecular formula is C8H4ClF2N3O2. The second-order valence-corrected chi connectivity index (χ2v) is 3.09. The van der Waals surface area contributed by atoms with Crippen LogP contribution in [-0.2, 0) is 6.42 Å². The highest BCUT2D eigenvalue weighted by molar-refractivity contribution is 6.33. The lowest BCUT2D eigenvalue weighted by atomic mass is 10.1. The number of rotatable bonds is 3. The Labute approximate surface area is 93.4 Å². The molecule has 16 heavy (non-hydrogen) atoms. The first-order valence-electron chi connectivity index (χ1n) is 3.95. The molecule has 0 atom stereocenters. The molecule has 0 unspecified atom stereocenters. The van der Waals surface area contributed by atoms with Gasteiger partial charge in [-0.3, -0.25) is 15.1 Å². The molecule has 0 aliphatic heterocycles. The molecule has 1 heterocycles. The van der Waals surface area contributed by atoms with Crippen LogP contribution in [0.1, 0.15) is 17.7 Å². The van der Waals surface area contributed by atoms with Crippen LogP contribution >= 0.6 is 11.6 Å². The van der Waals surface area contributed by atoms with Crippen molar-refractivity contribution in [2.75, 3.05) is 0 Å². The van der Waals surface area contributed by atoms with Crippen molar-refractivity contribution >= 4 is 17.3 Å². The summed E-state index contributed by atoms with van der Waals surface area (Å²) in [5.74, 6) is 0. The van der Waals surface area contributed by atoms with E-state index in [4.69, 9.17) is 16.9 Å². The van der Waals surface area contributed by atoms with E-state index in [1.54, 1.807) is 6.07 Å². The van der Waals surface area contributed by atoms with E-state index in [-0.39, 0.29) is 12.1 Å². The van der Waals surface area contributed by atoms with E-state index < -0.39 is 27.6 Å². The number of nitriles is 1. The summed E-state index contributed by atoms with van der Waals surface area (Å²) in [6.07, 6.45) is -2.62. The van der Waals surface area contributed by atoms with Crippen molar-refractivity contribution in [2.24, 2.45) is 0 Å². The molecule has 0 aliphatic rings. The first-order chi connectivity index (χ1) is 7.49. The van der Waals surface area contributed by atoms with Gasteiger partial charge in [0.25, 0.3) is 6.43 Å². The third-order valence-electron chi connectivity index (χ3n) is 1.78. The molecule has 0 saturated carbocycles. The maximum absolute atomic E-state index is 12.6. The molecule has 8 heteroatoms. The molecule has 0 aromatic carbocycles. The van der Waals surface area contributed by atoms with Gasteiger partial charge in [0.2, 0.25) is 0 Å². The standard InChI is InChI=1S/C8H4ClF2N3O2/c9-7-5(14(15)16)3-13-4(1-2-12)6(7)8(10)11/h3,8H,1H2. The van der Waals surface area contributed by atoms with Gasteiger partial charge in [0, 0.05) is 0 Å². The third-order valence-corrected chi connectivity index (χ3v) is 2.17. The van der Waals surface area contributed by atoms with Gasteiger partial charge in [0.05, 0.1) is 28.7 Å². The van der Waals surface area contributed by atoms with Crippen molar-refractivity contribution in [2.45, 2.75) is 12.8 Å². The van der Waals surface area contributed by atoms with Crippen LogP contribution in [0.2, 0.25) is 5.02 Å². The van der Waals surface area contributed by atoms with E-state index in [2.05, 4.69) is 4.98 Å². The van der Waals surface area contributed by atoms with Gasteiger partial charge in [-0.05, 0) is 0 Å². The highest BCUT2D eigenvalue weighted by Gasteiger charge is 2.25. The van der Waals surface area contributed by atoms with Crippen molar-refractivity contribution < 1.29 is 13.7 Å². The summed E-state index contributed by atoms with van der Waals surface area (Å²) in [6.45, 7) is 0. The maximum Gasteiger partial charge on any atom is 0.306 e. The molecule has 0 amide bonds. The van der Waals surface area contributed by atoms with E-state index in [9.17, 15) is 18.9 Å². The molecule has 1 aromatic rings. The van der Waals surface area contributed by atoms with Crippen LogP contribution < -0.4 is 0 Å². The van der Waals surface area contributed by atoms with Gasteiger partial charge >= 0.3 is 5.69 Å². The molecule has 1 aromatic heterocycles. The van der Waals surface area contributed by atoms with Crippen LogP contribution in [0.5, 0.6) is 0 Å². The minimum absolute atomic E-state index is 0.242. The number of pyridine rings is 1. The molecule has 0 N–H and O–H groups in total. The fourth-order valence-electron chi connectivity index (χ4n) is 1.09. The van der Waals surface area contributed by atoms with Crippen LogP contribution in [0.3, 0.4) is 0 Å². The van der Waals surface area contributed by atoms with Crippen molar-refractivity contribution in [3.63, 3.8) is 0 Å². The van der Waals surface area contributed by atoms with E-state index >= 15 is 0 Å². The van der Waals surface area contributed by atoms with Crippen LogP contribution in [0.15, 0.2) is 6.20 Å². The van der Waals surface area contributed by atoms with Crippen molar-refractivity contribution in [1.29, 1.82) is 5.26 Å². The SMILES string of the molecule is N#CCc1ncc([N+](=O)[O-])c(Cl)c1C(F)F. The lowest BCUT2D eigenvalue weighted by molar-refractivity contribution is -0.385. The van der Waals surface area contributed by atoms with Gasteiger partial charge < -0.3 is 0 Å². The smallest absolute Gasteiger partial charge is 0.258 e. The molecule has 0 radical (unpaired) electrons. The van der Waals surface area contributed by atoms with Crippen molar-refractivity contribution in [3.05, 3.63) is 32.6 Å². The normalized spacial score (nSPS) is 10.2. The zero-order chi connectivity index (χ0) is 12.3. The average Bonchev–Trinajstić information content (AvgIpc) is 2.17. The Kier molecular flexibility index (Phi) is 3.68. The van der Waals surface area contributed by atoms with Gasteiger partial charge in [0.1, 0.15) is 11.2 Å². The third kappa shape index (κ3) is 2.23. The molecule has 84 valence electrons. The Hall–Kier alpha value is -1.81. The van der Waals surface area contributed by atoms with Gasteiger partial charge in [0.15, 0.2) is 0 Å². The van der Waals surface area contributed by atoms with Crippen LogP contribution in [0, 0.1) is 21.4 Å². The number of hydrogen-bond acceptors (Lipinski definition) is 4. The van der Waals surface area contributed by atoms with Gasteiger partial charge in [-0.25, -0.2) is 8.78 Å². The summed E-state index contributed by atoms with van der Waals surface area (Å²) in [4.78, 5) is 13.0. The zero-order valence-electron chi connectivity index (χ0n) is 7.65. The van der Waals surface area contributed by atoms with Crippen LogP contribution in [-0.4, -0.2) is 9.91 Å². The topological polar surface area (TPSA) is 79.8 Å². The first kappa shape index (κ1) is 12.3. The molecule has 1 rings (SSSR count). The molecule has 0 bridgehead atoms. The predicted molar refractivity (Wildman–Crippen MR) is 50.2 cm³/mol. The predicted octanol–water partition coefficient (Wildman–Crippen LogP) is 2.65. The minimum Gasteiger partial charge on any atom is -0.258 e. The van der Waals surface area contributed by atoms with Gasteiger partial charge in [-0.2, -0.15) is 5.26 Å². The number of nitrogens with zero attached hydrogens (tertiary/aromatic N) is 3. The molecule has 0 spiro atoms. The summed E-state index contributed by atoms with van der Waals surface area (Å²) in [5.41, 5.74) is -1.69. The Bertz CT molecular complexity index is 473. The number of hydrogen-bond donors (Lipinski definition) is 0. The quantitative estimate of drug-likeness (QED) is 0.607. The second kappa shape index (κ2) is 4.81. The summed E-state index contributed by atoms with van der Waals surface area (Å²) in [5, 5.41) is 18.2. The lowest BCUT2D eigenvalue weighted by Crippen LogP contribution is -2.02. The van der Waals surface area contributed by atoms with E-state index in [1.165, 1.54) is 0 Å².